The summed E-state index contributed by atoms with van der Waals surface area (Å²) in [6.45, 7) is 0. The molecule has 0 aliphatic heterocycles. The van der Waals surface area contributed by atoms with Gasteiger partial charge in [0.05, 0.1) is 5.69 Å². The fourth-order valence-electron chi connectivity index (χ4n) is 1.18. The molecule has 0 fully saturated rings. The molecule has 76 valence electrons. The van der Waals surface area contributed by atoms with E-state index < -0.39 is 11.6 Å². The first-order valence-electron chi connectivity index (χ1n) is 4.21. The molecule has 0 spiro atoms. The van der Waals surface area contributed by atoms with E-state index in [2.05, 4.69) is 10.2 Å². The third-order valence-corrected chi connectivity index (χ3v) is 1.89. The highest BCUT2D eigenvalue weighted by molar-refractivity contribution is 5.60. The second kappa shape index (κ2) is 3.61. The molecule has 2 N–H and O–H groups in total. The minimum atomic E-state index is -0.546. The van der Waals surface area contributed by atoms with Gasteiger partial charge < -0.3 is 5.73 Å². The van der Waals surface area contributed by atoms with Gasteiger partial charge in [-0.05, 0) is 30.3 Å². The summed E-state index contributed by atoms with van der Waals surface area (Å²) in [6, 6.07) is 6.12. The predicted octanol–water partition coefficient (Wildman–Crippen LogP) is 2.00. The van der Waals surface area contributed by atoms with Gasteiger partial charge in [-0.25, -0.2) is 8.78 Å². The zero-order valence-electron chi connectivity index (χ0n) is 7.61. The smallest absolute Gasteiger partial charge is 0.146 e. The lowest BCUT2D eigenvalue weighted by Gasteiger charge is -2.01. The molecule has 15 heavy (non-hydrogen) atoms. The van der Waals surface area contributed by atoms with Crippen molar-refractivity contribution in [3.05, 3.63) is 42.0 Å². The number of nitrogens with two attached hydrogens (primary N) is 1. The molecule has 1 heterocycles. The Labute approximate surface area is 84.6 Å². The Balaban J connectivity index is 2.53. The molecule has 1 aromatic heterocycles. The molecule has 0 aliphatic rings. The molecule has 5 heteroatoms. The number of anilines is 1. The molecular weight excluding hydrogens is 200 g/mol. The summed E-state index contributed by atoms with van der Waals surface area (Å²) in [6.07, 6.45) is 0. The minimum Gasteiger partial charge on any atom is -0.382 e. The molecule has 2 aromatic rings. The highest BCUT2D eigenvalue weighted by Gasteiger charge is 2.07. The van der Waals surface area contributed by atoms with Crippen LogP contribution in [0.1, 0.15) is 0 Å². The molecule has 0 saturated carbocycles. The van der Waals surface area contributed by atoms with Gasteiger partial charge in [0, 0.05) is 5.56 Å². The van der Waals surface area contributed by atoms with Gasteiger partial charge in [0.15, 0.2) is 0 Å². The average Bonchev–Trinajstić information content (AvgIpc) is 2.23. The summed E-state index contributed by atoms with van der Waals surface area (Å²) in [5, 5.41) is 7.23. The first-order chi connectivity index (χ1) is 7.16. The number of rotatable bonds is 1. The standard InChI is InChI=1S/C10H7F2N3/c11-6-1-2-8(12)7(5-6)9-3-4-10(13)15-14-9/h1-5H,(H2,13,15). The van der Waals surface area contributed by atoms with Gasteiger partial charge in [-0.3, -0.25) is 0 Å². The number of hydrogen-bond acceptors (Lipinski definition) is 3. The zero-order valence-corrected chi connectivity index (χ0v) is 7.61. The van der Waals surface area contributed by atoms with Crippen molar-refractivity contribution < 1.29 is 8.78 Å². The molecule has 0 atom stereocenters. The maximum absolute atomic E-state index is 13.3. The number of benzene rings is 1. The Hall–Kier alpha value is -2.04. The van der Waals surface area contributed by atoms with Crippen LogP contribution in [-0.2, 0) is 0 Å². The molecule has 0 radical (unpaired) electrons. The van der Waals surface area contributed by atoms with E-state index in [1.165, 1.54) is 12.1 Å². The average molecular weight is 207 g/mol. The maximum atomic E-state index is 13.3. The van der Waals surface area contributed by atoms with Gasteiger partial charge >= 0.3 is 0 Å². The molecule has 0 saturated heterocycles. The molecule has 0 aliphatic carbocycles. The monoisotopic (exact) mass is 207 g/mol. The van der Waals surface area contributed by atoms with E-state index >= 15 is 0 Å². The predicted molar refractivity (Wildman–Crippen MR) is 51.8 cm³/mol. The van der Waals surface area contributed by atoms with Crippen LogP contribution in [0.4, 0.5) is 14.6 Å². The molecular formula is C10H7F2N3. The van der Waals surface area contributed by atoms with Crippen molar-refractivity contribution in [2.24, 2.45) is 0 Å². The molecule has 2 rings (SSSR count). The first-order valence-corrected chi connectivity index (χ1v) is 4.21. The van der Waals surface area contributed by atoms with E-state index in [1.54, 1.807) is 0 Å². The van der Waals surface area contributed by atoms with Gasteiger partial charge in [-0.1, -0.05) is 0 Å². The Morgan fingerprint density at radius 3 is 2.47 bits per heavy atom. The lowest BCUT2D eigenvalue weighted by atomic mass is 10.1. The fourth-order valence-corrected chi connectivity index (χ4v) is 1.18. The van der Waals surface area contributed by atoms with Crippen molar-refractivity contribution >= 4 is 5.82 Å². The van der Waals surface area contributed by atoms with E-state index in [4.69, 9.17) is 5.73 Å². The van der Waals surface area contributed by atoms with Crippen LogP contribution in [0.5, 0.6) is 0 Å². The molecule has 0 bridgehead atoms. The van der Waals surface area contributed by atoms with Crippen molar-refractivity contribution in [3.8, 4) is 11.3 Å². The first kappa shape index (κ1) is 9.51. The van der Waals surface area contributed by atoms with Crippen LogP contribution in [-0.4, -0.2) is 10.2 Å². The fraction of sp³-hybridized carbons (Fsp3) is 0. The Morgan fingerprint density at radius 1 is 1.00 bits per heavy atom. The highest BCUT2D eigenvalue weighted by Crippen LogP contribution is 2.21. The summed E-state index contributed by atoms with van der Waals surface area (Å²) in [5.74, 6) is -0.837. The van der Waals surface area contributed by atoms with Gasteiger partial charge in [-0.2, -0.15) is 0 Å². The number of aromatic nitrogens is 2. The van der Waals surface area contributed by atoms with Crippen molar-refractivity contribution in [1.82, 2.24) is 10.2 Å². The summed E-state index contributed by atoms with van der Waals surface area (Å²) >= 11 is 0. The second-order valence-electron chi connectivity index (χ2n) is 2.97. The number of halogens is 2. The molecule has 0 amide bonds. The van der Waals surface area contributed by atoms with Crippen LogP contribution in [0.15, 0.2) is 30.3 Å². The van der Waals surface area contributed by atoms with Crippen LogP contribution < -0.4 is 5.73 Å². The van der Waals surface area contributed by atoms with Crippen LogP contribution in [0.3, 0.4) is 0 Å². The number of nitrogens with zero attached hydrogens (tertiary/aromatic N) is 2. The van der Waals surface area contributed by atoms with Crippen LogP contribution in [0, 0.1) is 11.6 Å². The maximum Gasteiger partial charge on any atom is 0.146 e. The van der Waals surface area contributed by atoms with Gasteiger partial charge in [0.1, 0.15) is 17.5 Å². The topological polar surface area (TPSA) is 51.8 Å². The van der Waals surface area contributed by atoms with E-state index in [-0.39, 0.29) is 17.1 Å². The lowest BCUT2D eigenvalue weighted by Crippen LogP contribution is -1.95. The molecule has 1 aromatic carbocycles. The van der Waals surface area contributed by atoms with Crippen molar-refractivity contribution in [1.29, 1.82) is 0 Å². The summed E-state index contributed by atoms with van der Waals surface area (Å²) < 4.78 is 26.2. The Bertz CT molecular complexity index is 483. The lowest BCUT2D eigenvalue weighted by molar-refractivity contribution is 0.602. The summed E-state index contributed by atoms with van der Waals surface area (Å²) in [7, 11) is 0. The van der Waals surface area contributed by atoms with Crippen LogP contribution in [0.2, 0.25) is 0 Å². The third-order valence-electron chi connectivity index (χ3n) is 1.89. The normalized spacial score (nSPS) is 10.3. The summed E-state index contributed by atoms with van der Waals surface area (Å²) in [4.78, 5) is 0. The largest absolute Gasteiger partial charge is 0.382 e. The van der Waals surface area contributed by atoms with Crippen LogP contribution in [0.25, 0.3) is 11.3 Å². The summed E-state index contributed by atoms with van der Waals surface area (Å²) in [5.41, 5.74) is 5.65. The third kappa shape index (κ3) is 1.90. The van der Waals surface area contributed by atoms with Crippen molar-refractivity contribution in [2.75, 3.05) is 5.73 Å². The second-order valence-corrected chi connectivity index (χ2v) is 2.97. The van der Waals surface area contributed by atoms with Crippen LogP contribution >= 0.6 is 0 Å². The van der Waals surface area contributed by atoms with Gasteiger partial charge in [0.25, 0.3) is 0 Å². The molecule has 3 nitrogen and oxygen atoms in total. The number of nitrogen functional groups attached to an aromatic ring is 1. The van der Waals surface area contributed by atoms with Gasteiger partial charge in [-0.15, -0.1) is 10.2 Å². The Kier molecular flexibility index (Phi) is 2.29. The van der Waals surface area contributed by atoms with Gasteiger partial charge in [0.2, 0.25) is 0 Å². The highest BCUT2D eigenvalue weighted by atomic mass is 19.1. The quantitative estimate of drug-likeness (QED) is 0.778. The zero-order chi connectivity index (χ0) is 10.8. The van der Waals surface area contributed by atoms with Crippen molar-refractivity contribution in [2.45, 2.75) is 0 Å². The van der Waals surface area contributed by atoms with Crippen molar-refractivity contribution in [3.63, 3.8) is 0 Å². The van der Waals surface area contributed by atoms with E-state index in [0.29, 0.717) is 0 Å². The van der Waals surface area contributed by atoms with E-state index in [9.17, 15) is 8.78 Å². The minimum absolute atomic E-state index is 0.0718. The molecule has 0 unspecified atom stereocenters. The Morgan fingerprint density at radius 2 is 1.80 bits per heavy atom. The SMILES string of the molecule is Nc1ccc(-c2cc(F)ccc2F)nn1. The number of hydrogen-bond donors (Lipinski definition) is 1. The van der Waals surface area contributed by atoms with E-state index in [1.807, 2.05) is 0 Å². The van der Waals surface area contributed by atoms with E-state index in [0.717, 1.165) is 18.2 Å².